The second-order valence-corrected chi connectivity index (χ2v) is 4.84. The summed E-state index contributed by atoms with van der Waals surface area (Å²) in [6.45, 7) is 2.38. The van der Waals surface area contributed by atoms with Crippen molar-refractivity contribution in [1.82, 2.24) is 10.3 Å². The maximum Gasteiger partial charge on any atom is 0.251 e. The summed E-state index contributed by atoms with van der Waals surface area (Å²) in [5.41, 5.74) is 3.63. The Labute approximate surface area is 121 Å². The lowest BCUT2D eigenvalue weighted by molar-refractivity contribution is 0.0950. The molecule has 1 aromatic carbocycles. The van der Waals surface area contributed by atoms with E-state index in [9.17, 15) is 4.79 Å². The summed E-state index contributed by atoms with van der Waals surface area (Å²) in [5.74, 6) is -0.0792. The minimum absolute atomic E-state index is 0.0792. The van der Waals surface area contributed by atoms with Crippen LogP contribution in [0, 0.1) is 6.92 Å². The Morgan fingerprint density at radius 1 is 1.21 bits per heavy atom. The normalized spacial score (nSPS) is 10.2. The van der Waals surface area contributed by atoms with Gasteiger partial charge in [0.05, 0.1) is 12.2 Å². The van der Waals surface area contributed by atoms with Gasteiger partial charge in [-0.25, -0.2) is 0 Å². The van der Waals surface area contributed by atoms with Crippen molar-refractivity contribution in [3.63, 3.8) is 0 Å². The number of hydrogen-bond acceptors (Lipinski definition) is 2. The average molecular weight is 319 g/mol. The Kier molecular flexibility index (Phi) is 4.68. The predicted octanol–water partition coefficient (Wildman–Crippen LogP) is 3.21. The summed E-state index contributed by atoms with van der Waals surface area (Å²) in [5, 5.41) is 3.66. The van der Waals surface area contributed by atoms with Crippen LogP contribution in [0.5, 0.6) is 0 Å². The Hall–Kier alpha value is -1.68. The van der Waals surface area contributed by atoms with E-state index in [1.807, 2.05) is 49.4 Å². The number of aryl methyl sites for hydroxylation is 1. The van der Waals surface area contributed by atoms with E-state index < -0.39 is 0 Å². The molecule has 0 aliphatic carbocycles. The number of hydrogen-bond donors (Lipinski definition) is 1. The number of nitrogens with one attached hydrogen (secondary N) is 1. The number of amides is 1. The van der Waals surface area contributed by atoms with Crippen LogP contribution >= 0.6 is 15.9 Å². The highest BCUT2D eigenvalue weighted by Crippen LogP contribution is 2.08. The molecule has 1 amide bonds. The molecule has 0 saturated carbocycles. The van der Waals surface area contributed by atoms with Crippen LogP contribution in [0.2, 0.25) is 0 Å². The van der Waals surface area contributed by atoms with Gasteiger partial charge in [0, 0.05) is 16.6 Å². The lowest BCUT2D eigenvalue weighted by Gasteiger charge is -2.06. The van der Waals surface area contributed by atoms with Crippen LogP contribution in [0.15, 0.2) is 42.5 Å². The van der Waals surface area contributed by atoms with Crippen LogP contribution < -0.4 is 5.32 Å². The van der Waals surface area contributed by atoms with Gasteiger partial charge in [-0.05, 0) is 36.8 Å². The predicted molar refractivity (Wildman–Crippen MR) is 79.2 cm³/mol. The highest BCUT2D eigenvalue weighted by molar-refractivity contribution is 9.08. The molecule has 0 aliphatic rings. The molecule has 1 N–H and O–H groups in total. The smallest absolute Gasteiger partial charge is 0.251 e. The Morgan fingerprint density at radius 3 is 2.58 bits per heavy atom. The first kappa shape index (κ1) is 13.7. The van der Waals surface area contributed by atoms with Gasteiger partial charge in [-0.3, -0.25) is 9.78 Å². The fourth-order valence-corrected chi connectivity index (χ4v) is 2.09. The van der Waals surface area contributed by atoms with Gasteiger partial charge >= 0.3 is 0 Å². The highest BCUT2D eigenvalue weighted by atomic mass is 79.9. The van der Waals surface area contributed by atoms with Crippen molar-refractivity contribution in [2.24, 2.45) is 0 Å². The third kappa shape index (κ3) is 3.89. The molecule has 0 spiro atoms. The molecular formula is C15H15BrN2O. The molecule has 0 fully saturated rings. The van der Waals surface area contributed by atoms with Gasteiger partial charge in [0.2, 0.25) is 0 Å². The van der Waals surface area contributed by atoms with Gasteiger partial charge in [-0.2, -0.15) is 0 Å². The van der Waals surface area contributed by atoms with Crippen molar-refractivity contribution in [3.05, 3.63) is 65.0 Å². The molecule has 2 rings (SSSR count). The second-order valence-electron chi connectivity index (χ2n) is 4.28. The van der Waals surface area contributed by atoms with Gasteiger partial charge < -0.3 is 5.32 Å². The van der Waals surface area contributed by atoms with Crippen LogP contribution in [0.4, 0.5) is 0 Å². The van der Waals surface area contributed by atoms with Gasteiger partial charge in [0.15, 0.2) is 0 Å². The topological polar surface area (TPSA) is 42.0 Å². The fraction of sp³-hybridized carbons (Fsp3) is 0.200. The van der Waals surface area contributed by atoms with Gasteiger partial charge in [0.1, 0.15) is 0 Å². The van der Waals surface area contributed by atoms with E-state index in [1.165, 1.54) is 0 Å². The van der Waals surface area contributed by atoms with Gasteiger partial charge in [-0.1, -0.05) is 34.1 Å². The van der Waals surface area contributed by atoms with E-state index in [0.29, 0.717) is 12.1 Å². The number of benzene rings is 1. The summed E-state index contributed by atoms with van der Waals surface area (Å²) >= 11 is 3.38. The van der Waals surface area contributed by atoms with Crippen molar-refractivity contribution >= 4 is 21.8 Å². The van der Waals surface area contributed by atoms with Crippen LogP contribution in [-0.4, -0.2) is 10.9 Å². The first-order valence-corrected chi connectivity index (χ1v) is 7.17. The van der Waals surface area contributed by atoms with E-state index in [0.717, 1.165) is 22.3 Å². The van der Waals surface area contributed by atoms with Gasteiger partial charge in [-0.15, -0.1) is 0 Å². The first-order chi connectivity index (χ1) is 9.19. The minimum atomic E-state index is -0.0792. The zero-order valence-corrected chi connectivity index (χ0v) is 12.3. The third-order valence-corrected chi connectivity index (χ3v) is 3.39. The molecule has 1 aromatic heterocycles. The standard InChI is InChI=1S/C15H15BrN2O/c1-11-3-2-4-14(18-11)10-17-15(19)13-7-5-12(9-16)6-8-13/h2-8H,9-10H2,1H3,(H,17,19). The molecule has 0 radical (unpaired) electrons. The minimum Gasteiger partial charge on any atom is -0.346 e. The number of halogens is 1. The van der Waals surface area contributed by atoms with E-state index in [1.54, 1.807) is 0 Å². The van der Waals surface area contributed by atoms with Crippen molar-refractivity contribution in [1.29, 1.82) is 0 Å². The van der Waals surface area contributed by atoms with Crippen LogP contribution in [0.3, 0.4) is 0 Å². The molecular weight excluding hydrogens is 304 g/mol. The van der Waals surface area contributed by atoms with Crippen LogP contribution in [0.1, 0.15) is 27.3 Å². The Morgan fingerprint density at radius 2 is 1.95 bits per heavy atom. The summed E-state index contributed by atoms with van der Waals surface area (Å²) in [7, 11) is 0. The van der Waals surface area contributed by atoms with E-state index in [2.05, 4.69) is 26.2 Å². The lowest BCUT2D eigenvalue weighted by Crippen LogP contribution is -2.23. The lowest BCUT2D eigenvalue weighted by atomic mass is 10.1. The molecule has 4 heteroatoms. The maximum absolute atomic E-state index is 12.0. The van der Waals surface area contributed by atoms with E-state index in [-0.39, 0.29) is 5.91 Å². The number of pyridine rings is 1. The third-order valence-electron chi connectivity index (χ3n) is 2.75. The fourth-order valence-electron chi connectivity index (χ4n) is 1.72. The molecule has 19 heavy (non-hydrogen) atoms. The molecule has 2 aromatic rings. The number of carbonyl (C=O) groups is 1. The van der Waals surface area contributed by atoms with E-state index in [4.69, 9.17) is 0 Å². The first-order valence-electron chi connectivity index (χ1n) is 6.04. The Bertz CT molecular complexity index is 567. The quantitative estimate of drug-likeness (QED) is 0.879. The van der Waals surface area contributed by atoms with Crippen molar-refractivity contribution in [2.75, 3.05) is 0 Å². The average Bonchev–Trinajstić information content (AvgIpc) is 2.45. The van der Waals surface area contributed by atoms with Crippen LogP contribution in [-0.2, 0) is 11.9 Å². The van der Waals surface area contributed by atoms with Crippen LogP contribution in [0.25, 0.3) is 0 Å². The molecule has 98 valence electrons. The molecule has 1 heterocycles. The molecule has 3 nitrogen and oxygen atoms in total. The molecule has 0 bridgehead atoms. The van der Waals surface area contributed by atoms with Crippen molar-refractivity contribution in [2.45, 2.75) is 18.8 Å². The number of alkyl halides is 1. The Balaban J connectivity index is 1.97. The largest absolute Gasteiger partial charge is 0.346 e. The molecule has 0 aliphatic heterocycles. The van der Waals surface area contributed by atoms with E-state index >= 15 is 0 Å². The summed E-state index contributed by atoms with van der Waals surface area (Å²) in [4.78, 5) is 16.3. The summed E-state index contributed by atoms with van der Waals surface area (Å²) < 4.78 is 0. The zero-order chi connectivity index (χ0) is 13.7. The SMILES string of the molecule is Cc1cccc(CNC(=O)c2ccc(CBr)cc2)n1. The summed E-state index contributed by atoms with van der Waals surface area (Å²) in [6, 6.07) is 13.3. The molecule has 0 atom stereocenters. The monoisotopic (exact) mass is 318 g/mol. The number of aromatic nitrogens is 1. The summed E-state index contributed by atoms with van der Waals surface area (Å²) in [6.07, 6.45) is 0. The van der Waals surface area contributed by atoms with Gasteiger partial charge in [0.25, 0.3) is 5.91 Å². The zero-order valence-electron chi connectivity index (χ0n) is 10.7. The van der Waals surface area contributed by atoms with Crippen molar-refractivity contribution < 1.29 is 4.79 Å². The number of carbonyl (C=O) groups excluding carboxylic acids is 1. The molecule has 0 saturated heterocycles. The number of nitrogens with zero attached hydrogens (tertiary/aromatic N) is 1. The number of rotatable bonds is 4. The highest BCUT2D eigenvalue weighted by Gasteiger charge is 2.05. The molecule has 0 unspecified atom stereocenters. The maximum atomic E-state index is 12.0. The second kappa shape index (κ2) is 6.48. The van der Waals surface area contributed by atoms with Crippen molar-refractivity contribution in [3.8, 4) is 0 Å².